The van der Waals surface area contributed by atoms with Gasteiger partial charge in [0.2, 0.25) is 0 Å². The maximum absolute atomic E-state index is 10.7. The summed E-state index contributed by atoms with van der Waals surface area (Å²) < 4.78 is 0. The number of halogens is 1. The summed E-state index contributed by atoms with van der Waals surface area (Å²) >= 11 is 5.77. The molecule has 1 aliphatic carbocycles. The van der Waals surface area contributed by atoms with E-state index in [2.05, 4.69) is 0 Å². The van der Waals surface area contributed by atoms with Gasteiger partial charge in [-0.05, 0) is 29.3 Å². The zero-order valence-electron chi connectivity index (χ0n) is 6.75. The third-order valence-electron chi connectivity index (χ3n) is 2.09. The van der Waals surface area contributed by atoms with Gasteiger partial charge in [0.25, 0.3) is 0 Å². The molecule has 0 aliphatic heterocycles. The van der Waals surface area contributed by atoms with Crippen molar-refractivity contribution in [1.82, 2.24) is 0 Å². The highest BCUT2D eigenvalue weighted by molar-refractivity contribution is 6.30. The molecule has 0 saturated carbocycles. The first-order valence-electron chi connectivity index (χ1n) is 3.89. The molecule has 0 unspecified atom stereocenters. The molecule has 0 saturated heterocycles. The maximum Gasteiger partial charge on any atom is 0.331 e. The zero-order chi connectivity index (χ0) is 9.42. The molecular weight excluding hydrogens is 188 g/mol. The van der Waals surface area contributed by atoms with Crippen LogP contribution in [0.25, 0.3) is 6.08 Å². The van der Waals surface area contributed by atoms with Gasteiger partial charge in [0, 0.05) is 17.0 Å². The molecule has 1 aromatic carbocycles. The van der Waals surface area contributed by atoms with Crippen LogP contribution in [0.5, 0.6) is 0 Å². The molecular formula is C10H7ClO2. The van der Waals surface area contributed by atoms with Gasteiger partial charge in [-0.3, -0.25) is 0 Å². The van der Waals surface area contributed by atoms with Crippen LogP contribution in [0.15, 0.2) is 23.8 Å². The summed E-state index contributed by atoms with van der Waals surface area (Å²) in [6, 6.07) is 5.43. The van der Waals surface area contributed by atoms with Crippen molar-refractivity contribution >= 4 is 23.6 Å². The first-order valence-corrected chi connectivity index (χ1v) is 4.27. The normalized spacial score (nSPS) is 13.8. The first kappa shape index (κ1) is 8.32. The molecule has 2 rings (SSSR count). The SMILES string of the molecule is O=C(O)C1=Cc2cc(Cl)ccc2C1. The van der Waals surface area contributed by atoms with E-state index in [1.165, 1.54) is 0 Å². The van der Waals surface area contributed by atoms with Gasteiger partial charge in [0.15, 0.2) is 0 Å². The van der Waals surface area contributed by atoms with E-state index in [0.29, 0.717) is 17.0 Å². The predicted octanol–water partition coefficient (Wildman–Crippen LogP) is 2.36. The van der Waals surface area contributed by atoms with Crippen LogP contribution < -0.4 is 0 Å². The van der Waals surface area contributed by atoms with Crippen LogP contribution in [0.3, 0.4) is 0 Å². The number of carboxylic acid groups (broad SMARTS) is 1. The quantitative estimate of drug-likeness (QED) is 0.745. The highest BCUT2D eigenvalue weighted by Crippen LogP contribution is 2.27. The van der Waals surface area contributed by atoms with Crippen LogP contribution in [0, 0.1) is 0 Å². The van der Waals surface area contributed by atoms with Crippen LogP contribution in [0.4, 0.5) is 0 Å². The summed E-state index contributed by atoms with van der Waals surface area (Å²) in [4.78, 5) is 10.7. The third kappa shape index (κ3) is 1.45. The molecule has 13 heavy (non-hydrogen) atoms. The Balaban J connectivity index is 2.43. The van der Waals surface area contributed by atoms with E-state index in [1.54, 1.807) is 18.2 Å². The van der Waals surface area contributed by atoms with Crippen molar-refractivity contribution in [3.05, 3.63) is 39.9 Å². The average molecular weight is 195 g/mol. The minimum atomic E-state index is -0.854. The molecule has 0 heterocycles. The summed E-state index contributed by atoms with van der Waals surface area (Å²) in [5.41, 5.74) is 2.38. The molecule has 66 valence electrons. The van der Waals surface area contributed by atoms with Crippen LogP contribution in [-0.4, -0.2) is 11.1 Å². The van der Waals surface area contributed by atoms with Crippen molar-refractivity contribution in [1.29, 1.82) is 0 Å². The summed E-state index contributed by atoms with van der Waals surface area (Å²) in [6.45, 7) is 0. The van der Waals surface area contributed by atoms with Gasteiger partial charge in [-0.2, -0.15) is 0 Å². The minimum absolute atomic E-state index is 0.428. The van der Waals surface area contributed by atoms with Crippen LogP contribution in [0.1, 0.15) is 11.1 Å². The van der Waals surface area contributed by atoms with E-state index in [4.69, 9.17) is 16.7 Å². The lowest BCUT2D eigenvalue weighted by molar-refractivity contribution is -0.132. The van der Waals surface area contributed by atoms with Crippen molar-refractivity contribution in [3.8, 4) is 0 Å². The van der Waals surface area contributed by atoms with E-state index in [1.807, 2.05) is 6.07 Å². The summed E-state index contributed by atoms with van der Waals surface area (Å²) in [5.74, 6) is -0.854. The molecule has 2 nitrogen and oxygen atoms in total. The Hall–Kier alpha value is -1.28. The van der Waals surface area contributed by atoms with Gasteiger partial charge in [-0.1, -0.05) is 17.7 Å². The van der Waals surface area contributed by atoms with Crippen LogP contribution in [0.2, 0.25) is 5.02 Å². The van der Waals surface area contributed by atoms with Crippen molar-refractivity contribution in [2.75, 3.05) is 0 Å². The number of aliphatic carboxylic acids is 1. The Morgan fingerprint density at radius 2 is 2.23 bits per heavy atom. The van der Waals surface area contributed by atoms with Crippen molar-refractivity contribution in [2.45, 2.75) is 6.42 Å². The molecule has 0 fully saturated rings. The molecule has 1 aromatic rings. The third-order valence-corrected chi connectivity index (χ3v) is 2.33. The Morgan fingerprint density at radius 3 is 2.92 bits per heavy atom. The second-order valence-corrected chi connectivity index (χ2v) is 3.43. The number of benzene rings is 1. The Morgan fingerprint density at radius 1 is 1.46 bits per heavy atom. The van der Waals surface area contributed by atoms with Gasteiger partial charge < -0.3 is 5.11 Å². The number of carboxylic acids is 1. The molecule has 0 radical (unpaired) electrons. The number of carbonyl (C=O) groups is 1. The van der Waals surface area contributed by atoms with Gasteiger partial charge in [-0.15, -0.1) is 0 Å². The maximum atomic E-state index is 10.7. The fourth-order valence-corrected chi connectivity index (χ4v) is 1.62. The van der Waals surface area contributed by atoms with Gasteiger partial charge >= 0.3 is 5.97 Å². The fraction of sp³-hybridized carbons (Fsp3) is 0.100. The largest absolute Gasteiger partial charge is 0.478 e. The molecule has 1 N–H and O–H groups in total. The molecule has 0 aromatic heterocycles. The topological polar surface area (TPSA) is 37.3 Å². The van der Waals surface area contributed by atoms with Gasteiger partial charge in [0.05, 0.1) is 0 Å². The number of hydrogen-bond acceptors (Lipinski definition) is 1. The van der Waals surface area contributed by atoms with Gasteiger partial charge in [-0.25, -0.2) is 4.79 Å². The van der Waals surface area contributed by atoms with E-state index < -0.39 is 5.97 Å². The highest BCUT2D eigenvalue weighted by atomic mass is 35.5. The number of rotatable bonds is 1. The monoisotopic (exact) mass is 194 g/mol. The molecule has 0 bridgehead atoms. The second-order valence-electron chi connectivity index (χ2n) is 2.99. The van der Waals surface area contributed by atoms with Crippen molar-refractivity contribution < 1.29 is 9.90 Å². The zero-order valence-corrected chi connectivity index (χ0v) is 7.51. The molecule has 0 spiro atoms. The highest BCUT2D eigenvalue weighted by Gasteiger charge is 2.17. The fourth-order valence-electron chi connectivity index (χ4n) is 1.44. The van der Waals surface area contributed by atoms with Crippen molar-refractivity contribution in [3.63, 3.8) is 0 Å². The molecule has 0 atom stereocenters. The Kier molecular flexibility index (Phi) is 1.85. The van der Waals surface area contributed by atoms with E-state index in [-0.39, 0.29) is 0 Å². The number of hydrogen-bond donors (Lipinski definition) is 1. The Labute approximate surface area is 80.5 Å². The Bertz CT molecular complexity index is 407. The van der Waals surface area contributed by atoms with Crippen LogP contribution in [-0.2, 0) is 11.2 Å². The van der Waals surface area contributed by atoms with Crippen LogP contribution >= 0.6 is 11.6 Å². The lowest BCUT2D eigenvalue weighted by atomic mass is 10.1. The first-order chi connectivity index (χ1) is 6.16. The number of fused-ring (bicyclic) bond motifs is 1. The smallest absolute Gasteiger partial charge is 0.331 e. The summed E-state index contributed by atoms with van der Waals surface area (Å²) in [5, 5.41) is 9.39. The lowest BCUT2D eigenvalue weighted by Crippen LogP contribution is -1.99. The average Bonchev–Trinajstić information content (AvgIpc) is 2.46. The summed E-state index contributed by atoms with van der Waals surface area (Å²) in [6.07, 6.45) is 2.17. The van der Waals surface area contributed by atoms with E-state index >= 15 is 0 Å². The van der Waals surface area contributed by atoms with E-state index in [0.717, 1.165) is 11.1 Å². The second kappa shape index (κ2) is 2.89. The van der Waals surface area contributed by atoms with E-state index in [9.17, 15) is 4.79 Å². The lowest BCUT2D eigenvalue weighted by Gasteiger charge is -1.97. The molecule has 3 heteroatoms. The molecule has 0 amide bonds. The van der Waals surface area contributed by atoms with Crippen molar-refractivity contribution in [2.24, 2.45) is 0 Å². The molecule has 1 aliphatic rings. The summed E-state index contributed by atoms with van der Waals surface area (Å²) in [7, 11) is 0. The predicted molar refractivity (Wildman–Crippen MR) is 50.8 cm³/mol. The minimum Gasteiger partial charge on any atom is -0.478 e. The van der Waals surface area contributed by atoms with Gasteiger partial charge in [0.1, 0.15) is 0 Å². The standard InChI is InChI=1S/C10H7ClO2/c11-9-2-1-6-3-8(10(12)13)4-7(6)5-9/h1-2,4-5H,3H2,(H,12,13).